The van der Waals surface area contributed by atoms with E-state index in [9.17, 15) is 0 Å². The summed E-state index contributed by atoms with van der Waals surface area (Å²) in [7, 11) is 0. The number of aryl methyl sites for hydroxylation is 1. The van der Waals surface area contributed by atoms with Gasteiger partial charge in [0.15, 0.2) is 0 Å². The molecule has 0 saturated heterocycles. The predicted molar refractivity (Wildman–Crippen MR) is 80.9 cm³/mol. The molecule has 0 aromatic heterocycles. The number of unbranched alkanes of at least 4 members (excludes halogenated alkanes) is 2. The van der Waals surface area contributed by atoms with Gasteiger partial charge in [0.25, 0.3) is 0 Å². The average Bonchev–Trinajstić information content (AvgIpc) is 2.33. The topological polar surface area (TPSA) is 3.24 Å². The molecule has 1 aromatic carbocycles. The SMILES string of the molecule is CCCCN(CCCC)c1ccc(Br)c(C)c1. The minimum absolute atomic E-state index is 1.18. The van der Waals surface area contributed by atoms with E-state index >= 15 is 0 Å². The van der Waals surface area contributed by atoms with Crippen LogP contribution >= 0.6 is 15.9 Å². The lowest BCUT2D eigenvalue weighted by molar-refractivity contribution is 0.678. The van der Waals surface area contributed by atoms with Crippen molar-refractivity contribution in [2.45, 2.75) is 46.5 Å². The van der Waals surface area contributed by atoms with Crippen molar-refractivity contribution in [2.75, 3.05) is 18.0 Å². The van der Waals surface area contributed by atoms with Crippen molar-refractivity contribution in [3.05, 3.63) is 28.2 Å². The summed E-state index contributed by atoms with van der Waals surface area (Å²) >= 11 is 3.57. The molecule has 0 fully saturated rings. The molecule has 0 amide bonds. The third-order valence-corrected chi connectivity index (χ3v) is 3.96. The van der Waals surface area contributed by atoms with E-state index in [0.717, 1.165) is 0 Å². The Labute approximate surface area is 114 Å². The normalized spacial score (nSPS) is 10.6. The van der Waals surface area contributed by atoms with Crippen molar-refractivity contribution in [1.82, 2.24) is 0 Å². The first-order valence-corrected chi connectivity index (χ1v) is 7.49. The van der Waals surface area contributed by atoms with Crippen LogP contribution in [0.25, 0.3) is 0 Å². The number of rotatable bonds is 7. The van der Waals surface area contributed by atoms with Gasteiger partial charge in [-0.3, -0.25) is 0 Å². The zero-order chi connectivity index (χ0) is 12.7. The van der Waals surface area contributed by atoms with Gasteiger partial charge in [-0.2, -0.15) is 0 Å². The second kappa shape index (κ2) is 7.75. The largest absolute Gasteiger partial charge is 0.372 e. The summed E-state index contributed by atoms with van der Waals surface area (Å²) in [5.41, 5.74) is 2.69. The fourth-order valence-corrected chi connectivity index (χ4v) is 2.14. The summed E-state index contributed by atoms with van der Waals surface area (Å²) in [5.74, 6) is 0. The number of benzene rings is 1. The van der Waals surface area contributed by atoms with Crippen LogP contribution in [-0.4, -0.2) is 13.1 Å². The highest BCUT2D eigenvalue weighted by Gasteiger charge is 2.06. The van der Waals surface area contributed by atoms with Crippen LogP contribution in [0, 0.1) is 6.92 Å². The first-order chi connectivity index (χ1) is 8.19. The highest BCUT2D eigenvalue weighted by molar-refractivity contribution is 9.10. The highest BCUT2D eigenvalue weighted by atomic mass is 79.9. The Morgan fingerprint density at radius 3 is 2.12 bits per heavy atom. The van der Waals surface area contributed by atoms with Crippen molar-refractivity contribution < 1.29 is 0 Å². The highest BCUT2D eigenvalue weighted by Crippen LogP contribution is 2.23. The third-order valence-electron chi connectivity index (χ3n) is 3.07. The van der Waals surface area contributed by atoms with E-state index in [1.165, 1.54) is 54.5 Å². The molecule has 0 aliphatic carbocycles. The van der Waals surface area contributed by atoms with Crippen LogP contribution in [0.15, 0.2) is 22.7 Å². The summed E-state index contributed by atoms with van der Waals surface area (Å²) in [5, 5.41) is 0. The van der Waals surface area contributed by atoms with E-state index in [1.807, 2.05) is 0 Å². The first-order valence-electron chi connectivity index (χ1n) is 6.70. The van der Waals surface area contributed by atoms with Gasteiger partial charge in [0.05, 0.1) is 0 Å². The van der Waals surface area contributed by atoms with Gasteiger partial charge >= 0.3 is 0 Å². The zero-order valence-corrected chi connectivity index (χ0v) is 12.9. The fraction of sp³-hybridized carbons (Fsp3) is 0.600. The summed E-state index contributed by atoms with van der Waals surface area (Å²) in [4.78, 5) is 2.52. The van der Waals surface area contributed by atoms with E-state index in [1.54, 1.807) is 0 Å². The van der Waals surface area contributed by atoms with Gasteiger partial charge in [-0.15, -0.1) is 0 Å². The number of anilines is 1. The Hall–Kier alpha value is -0.500. The number of hydrogen-bond acceptors (Lipinski definition) is 1. The van der Waals surface area contributed by atoms with Crippen LogP contribution in [0.2, 0.25) is 0 Å². The quantitative estimate of drug-likeness (QED) is 0.671. The van der Waals surface area contributed by atoms with Crippen molar-refractivity contribution in [3.8, 4) is 0 Å². The van der Waals surface area contributed by atoms with Crippen LogP contribution in [-0.2, 0) is 0 Å². The third kappa shape index (κ3) is 4.71. The van der Waals surface area contributed by atoms with E-state index in [2.05, 4.69) is 59.8 Å². The van der Waals surface area contributed by atoms with Gasteiger partial charge < -0.3 is 4.90 Å². The molecule has 0 radical (unpaired) electrons. The Morgan fingerprint density at radius 1 is 1.06 bits per heavy atom. The second-order valence-electron chi connectivity index (χ2n) is 4.63. The fourth-order valence-electron chi connectivity index (χ4n) is 1.89. The van der Waals surface area contributed by atoms with E-state index in [4.69, 9.17) is 0 Å². The van der Waals surface area contributed by atoms with Gasteiger partial charge in [0, 0.05) is 23.2 Å². The van der Waals surface area contributed by atoms with Crippen molar-refractivity contribution >= 4 is 21.6 Å². The van der Waals surface area contributed by atoms with Crippen molar-refractivity contribution in [1.29, 1.82) is 0 Å². The molecule has 0 bridgehead atoms. The molecule has 1 nitrogen and oxygen atoms in total. The smallest absolute Gasteiger partial charge is 0.0369 e. The molecule has 0 unspecified atom stereocenters. The molecule has 17 heavy (non-hydrogen) atoms. The van der Waals surface area contributed by atoms with Crippen molar-refractivity contribution in [2.24, 2.45) is 0 Å². The van der Waals surface area contributed by atoms with E-state index in [0.29, 0.717) is 0 Å². The standard InChI is InChI=1S/C15H24BrN/c1-4-6-10-17(11-7-5-2)14-8-9-15(16)13(3)12-14/h8-9,12H,4-7,10-11H2,1-3H3. The lowest BCUT2D eigenvalue weighted by Crippen LogP contribution is -2.25. The minimum atomic E-state index is 1.18. The molecule has 1 aromatic rings. The molecule has 0 spiro atoms. The molecule has 0 saturated carbocycles. The Kier molecular flexibility index (Phi) is 6.64. The summed E-state index contributed by atoms with van der Waals surface area (Å²) < 4.78 is 1.20. The Bertz CT molecular complexity index is 328. The van der Waals surface area contributed by atoms with Crippen LogP contribution in [0.1, 0.15) is 45.1 Å². The molecule has 2 heteroatoms. The van der Waals surface area contributed by atoms with E-state index < -0.39 is 0 Å². The van der Waals surface area contributed by atoms with Gasteiger partial charge in [-0.05, 0) is 43.5 Å². The maximum Gasteiger partial charge on any atom is 0.0369 e. The molecular formula is C15H24BrN. The lowest BCUT2D eigenvalue weighted by Gasteiger charge is -2.25. The lowest BCUT2D eigenvalue weighted by atomic mass is 10.2. The van der Waals surface area contributed by atoms with Crippen LogP contribution in [0.4, 0.5) is 5.69 Å². The maximum absolute atomic E-state index is 3.57. The van der Waals surface area contributed by atoms with E-state index in [-0.39, 0.29) is 0 Å². The monoisotopic (exact) mass is 297 g/mol. The molecule has 1 rings (SSSR count). The Morgan fingerprint density at radius 2 is 1.65 bits per heavy atom. The molecule has 0 aliphatic heterocycles. The minimum Gasteiger partial charge on any atom is -0.372 e. The molecule has 0 heterocycles. The van der Waals surface area contributed by atoms with Gasteiger partial charge in [-0.25, -0.2) is 0 Å². The molecule has 0 aliphatic rings. The number of hydrogen-bond donors (Lipinski definition) is 0. The Balaban J connectivity index is 2.75. The molecule has 0 atom stereocenters. The molecule has 0 N–H and O–H groups in total. The average molecular weight is 298 g/mol. The van der Waals surface area contributed by atoms with Gasteiger partial charge in [0.2, 0.25) is 0 Å². The van der Waals surface area contributed by atoms with Crippen LogP contribution in [0.3, 0.4) is 0 Å². The van der Waals surface area contributed by atoms with Gasteiger partial charge in [-0.1, -0.05) is 42.6 Å². The molecular weight excluding hydrogens is 274 g/mol. The maximum atomic E-state index is 3.57. The van der Waals surface area contributed by atoms with Crippen molar-refractivity contribution in [3.63, 3.8) is 0 Å². The first kappa shape index (κ1) is 14.6. The van der Waals surface area contributed by atoms with Gasteiger partial charge in [0.1, 0.15) is 0 Å². The second-order valence-corrected chi connectivity index (χ2v) is 5.48. The number of nitrogens with zero attached hydrogens (tertiary/aromatic N) is 1. The zero-order valence-electron chi connectivity index (χ0n) is 11.3. The molecule has 96 valence electrons. The van der Waals surface area contributed by atoms with Crippen LogP contribution < -0.4 is 4.90 Å². The summed E-state index contributed by atoms with van der Waals surface area (Å²) in [6, 6.07) is 6.67. The summed E-state index contributed by atoms with van der Waals surface area (Å²) in [6.45, 7) is 9.02. The van der Waals surface area contributed by atoms with Crippen LogP contribution in [0.5, 0.6) is 0 Å². The number of halogens is 1. The summed E-state index contributed by atoms with van der Waals surface area (Å²) in [6.07, 6.45) is 5.08. The predicted octanol–water partition coefficient (Wildman–Crippen LogP) is 5.16.